The summed E-state index contributed by atoms with van der Waals surface area (Å²) in [5.41, 5.74) is 1.50. The van der Waals surface area contributed by atoms with Gasteiger partial charge in [-0.3, -0.25) is 4.90 Å². The van der Waals surface area contributed by atoms with E-state index in [0.717, 1.165) is 32.6 Å². The van der Waals surface area contributed by atoms with Crippen molar-refractivity contribution in [1.82, 2.24) is 9.80 Å². The number of halogens is 1. The number of amides is 2. The lowest BCUT2D eigenvalue weighted by molar-refractivity contribution is -0.0223. The second-order valence-electron chi connectivity index (χ2n) is 7.47. The van der Waals surface area contributed by atoms with Crippen LogP contribution in [0.5, 0.6) is 0 Å². The molecule has 2 aromatic carbocycles. The molecule has 2 heterocycles. The van der Waals surface area contributed by atoms with Crippen LogP contribution in [0.1, 0.15) is 18.4 Å². The molecule has 2 aliphatic rings. The minimum absolute atomic E-state index is 0.224. The molecule has 2 fully saturated rings. The summed E-state index contributed by atoms with van der Waals surface area (Å²) in [6.07, 6.45) is 2.04. The number of para-hydroxylation sites is 1. The Morgan fingerprint density at radius 1 is 1.04 bits per heavy atom. The van der Waals surface area contributed by atoms with E-state index in [2.05, 4.69) is 34.5 Å². The van der Waals surface area contributed by atoms with Gasteiger partial charge in [0, 0.05) is 44.9 Å². The first-order chi connectivity index (χ1) is 13.7. The largest absolute Gasteiger partial charge is 0.381 e. The Morgan fingerprint density at radius 2 is 1.71 bits per heavy atom. The van der Waals surface area contributed by atoms with Crippen LogP contribution in [0, 0.1) is 5.82 Å². The molecule has 1 N–H and O–H groups in total. The summed E-state index contributed by atoms with van der Waals surface area (Å²) < 4.78 is 19.3. The first kappa shape index (κ1) is 18.9. The molecule has 0 radical (unpaired) electrons. The zero-order chi connectivity index (χ0) is 19.3. The van der Waals surface area contributed by atoms with Crippen LogP contribution in [0.25, 0.3) is 0 Å². The Labute approximate surface area is 165 Å². The highest BCUT2D eigenvalue weighted by Crippen LogP contribution is 2.26. The van der Waals surface area contributed by atoms with Gasteiger partial charge in [0.1, 0.15) is 5.82 Å². The number of carbonyl (C=O) groups excluding carboxylic acids is 1. The van der Waals surface area contributed by atoms with Crippen molar-refractivity contribution in [2.75, 3.05) is 31.6 Å². The number of hydrogen-bond acceptors (Lipinski definition) is 3. The van der Waals surface area contributed by atoms with Gasteiger partial charge in [0.2, 0.25) is 0 Å². The van der Waals surface area contributed by atoms with Crippen molar-refractivity contribution in [1.29, 1.82) is 0 Å². The fourth-order valence-corrected chi connectivity index (χ4v) is 3.96. The summed E-state index contributed by atoms with van der Waals surface area (Å²) in [6.45, 7) is 3.77. The number of hydrogen-bond donors (Lipinski definition) is 1. The molecule has 6 heteroatoms. The van der Waals surface area contributed by atoms with Gasteiger partial charge in [-0.1, -0.05) is 42.5 Å². The summed E-state index contributed by atoms with van der Waals surface area (Å²) in [7, 11) is 0. The zero-order valence-corrected chi connectivity index (χ0v) is 15.9. The predicted octanol–water partition coefficient (Wildman–Crippen LogP) is 3.72. The Bertz CT molecular complexity index is 789. The molecule has 2 saturated heterocycles. The van der Waals surface area contributed by atoms with Crippen molar-refractivity contribution in [3.8, 4) is 0 Å². The lowest BCUT2D eigenvalue weighted by atomic mass is 9.99. The van der Waals surface area contributed by atoms with E-state index < -0.39 is 5.82 Å². The zero-order valence-electron chi connectivity index (χ0n) is 15.9. The maximum Gasteiger partial charge on any atom is 0.322 e. The molecule has 28 heavy (non-hydrogen) atoms. The minimum atomic E-state index is -0.416. The van der Waals surface area contributed by atoms with Crippen LogP contribution >= 0.6 is 0 Å². The molecular weight excluding hydrogens is 357 g/mol. The van der Waals surface area contributed by atoms with Crippen LogP contribution in [0.2, 0.25) is 0 Å². The highest BCUT2D eigenvalue weighted by atomic mass is 19.1. The van der Waals surface area contributed by atoms with Crippen molar-refractivity contribution < 1.29 is 13.9 Å². The predicted molar refractivity (Wildman–Crippen MR) is 107 cm³/mol. The maximum atomic E-state index is 13.8. The van der Waals surface area contributed by atoms with Gasteiger partial charge in [-0.15, -0.1) is 0 Å². The normalized spacial score (nSPS) is 18.1. The lowest BCUT2D eigenvalue weighted by Gasteiger charge is -2.49. The number of benzene rings is 2. The van der Waals surface area contributed by atoms with Crippen LogP contribution in [0.4, 0.5) is 14.9 Å². The van der Waals surface area contributed by atoms with E-state index in [1.54, 1.807) is 23.1 Å². The maximum absolute atomic E-state index is 13.8. The van der Waals surface area contributed by atoms with Gasteiger partial charge in [0.25, 0.3) is 0 Å². The van der Waals surface area contributed by atoms with Crippen molar-refractivity contribution >= 4 is 11.7 Å². The third-order valence-electron chi connectivity index (χ3n) is 5.60. The minimum Gasteiger partial charge on any atom is -0.381 e. The number of anilines is 1. The average Bonchev–Trinajstić information content (AvgIpc) is 2.69. The molecule has 0 unspecified atom stereocenters. The second kappa shape index (κ2) is 8.71. The van der Waals surface area contributed by atoms with E-state index in [1.807, 2.05) is 6.07 Å². The van der Waals surface area contributed by atoms with Gasteiger partial charge in [-0.25, -0.2) is 9.18 Å². The smallest absolute Gasteiger partial charge is 0.322 e. The number of ether oxygens (including phenoxy) is 1. The monoisotopic (exact) mass is 383 g/mol. The van der Waals surface area contributed by atoms with Crippen LogP contribution in [0.15, 0.2) is 54.6 Å². The molecule has 0 bridgehead atoms. The van der Waals surface area contributed by atoms with Gasteiger partial charge >= 0.3 is 6.03 Å². The van der Waals surface area contributed by atoms with Gasteiger partial charge in [0.15, 0.2) is 0 Å². The first-order valence-electron chi connectivity index (χ1n) is 9.88. The molecule has 2 aromatic rings. The lowest BCUT2D eigenvalue weighted by Crippen LogP contribution is -2.64. The Morgan fingerprint density at radius 3 is 2.43 bits per heavy atom. The number of carbonyl (C=O) groups is 1. The Hall–Kier alpha value is -2.44. The average molecular weight is 383 g/mol. The van der Waals surface area contributed by atoms with Crippen LogP contribution in [0.3, 0.4) is 0 Å². The Kier molecular flexibility index (Phi) is 5.88. The van der Waals surface area contributed by atoms with Crippen molar-refractivity contribution in [3.63, 3.8) is 0 Å². The van der Waals surface area contributed by atoms with Gasteiger partial charge in [0.05, 0.1) is 5.69 Å². The summed E-state index contributed by atoms with van der Waals surface area (Å²) in [4.78, 5) is 16.7. The molecule has 0 spiro atoms. The summed E-state index contributed by atoms with van der Waals surface area (Å²) in [5, 5.41) is 2.67. The molecule has 4 rings (SSSR count). The third kappa shape index (κ3) is 4.34. The van der Waals surface area contributed by atoms with Crippen molar-refractivity contribution in [2.24, 2.45) is 0 Å². The topological polar surface area (TPSA) is 44.8 Å². The Balaban J connectivity index is 1.38. The molecule has 148 valence electrons. The standard InChI is InChI=1S/C22H26FN3O2/c23-20-8-4-5-9-21(20)24-22(27)25-15-19(16-25)26(18-10-12-28-13-11-18)14-17-6-2-1-3-7-17/h1-9,18-19H,10-16H2,(H,24,27). The van der Waals surface area contributed by atoms with E-state index in [1.165, 1.54) is 11.6 Å². The molecule has 0 atom stereocenters. The van der Waals surface area contributed by atoms with E-state index in [4.69, 9.17) is 4.74 Å². The molecule has 0 aliphatic carbocycles. The first-order valence-corrected chi connectivity index (χ1v) is 9.88. The SMILES string of the molecule is O=C(Nc1ccccc1F)N1CC(N(Cc2ccccc2)C2CCOCC2)C1. The highest BCUT2D eigenvalue weighted by molar-refractivity contribution is 5.90. The molecule has 0 saturated carbocycles. The summed E-state index contributed by atoms with van der Waals surface area (Å²) in [6, 6.07) is 17.2. The summed E-state index contributed by atoms with van der Waals surface area (Å²) in [5.74, 6) is -0.416. The molecule has 5 nitrogen and oxygen atoms in total. The van der Waals surface area contributed by atoms with Gasteiger partial charge < -0.3 is 15.0 Å². The number of nitrogens with zero attached hydrogens (tertiary/aromatic N) is 2. The molecule has 2 amide bonds. The highest BCUT2D eigenvalue weighted by Gasteiger charge is 2.38. The fourth-order valence-electron chi connectivity index (χ4n) is 3.96. The van der Waals surface area contributed by atoms with E-state index >= 15 is 0 Å². The summed E-state index contributed by atoms with van der Waals surface area (Å²) >= 11 is 0. The molecular formula is C22H26FN3O2. The molecule has 0 aromatic heterocycles. The number of likely N-dealkylation sites (tertiary alicyclic amines) is 1. The number of urea groups is 1. The van der Waals surface area contributed by atoms with Crippen molar-refractivity contribution in [3.05, 3.63) is 66.0 Å². The number of rotatable bonds is 5. The van der Waals surface area contributed by atoms with Crippen LogP contribution in [-0.2, 0) is 11.3 Å². The van der Waals surface area contributed by atoms with E-state index in [0.29, 0.717) is 25.2 Å². The van der Waals surface area contributed by atoms with Crippen LogP contribution < -0.4 is 5.32 Å². The number of nitrogens with one attached hydrogen (secondary N) is 1. The second-order valence-corrected chi connectivity index (χ2v) is 7.47. The van der Waals surface area contributed by atoms with Crippen LogP contribution in [-0.4, -0.2) is 54.2 Å². The van der Waals surface area contributed by atoms with E-state index in [-0.39, 0.29) is 11.7 Å². The fraction of sp³-hybridized carbons (Fsp3) is 0.409. The molecule has 2 aliphatic heterocycles. The van der Waals surface area contributed by atoms with Crippen molar-refractivity contribution in [2.45, 2.75) is 31.5 Å². The third-order valence-corrected chi connectivity index (χ3v) is 5.60. The quantitative estimate of drug-likeness (QED) is 0.856. The van der Waals surface area contributed by atoms with E-state index in [9.17, 15) is 9.18 Å². The van der Waals surface area contributed by atoms with Gasteiger partial charge in [-0.2, -0.15) is 0 Å². The van der Waals surface area contributed by atoms with Gasteiger partial charge in [-0.05, 0) is 30.5 Å².